The summed E-state index contributed by atoms with van der Waals surface area (Å²) in [6.07, 6.45) is 2.42. The first-order chi connectivity index (χ1) is 9.81. The molecule has 2 aromatic rings. The maximum atomic E-state index is 12.3. The van der Waals surface area contributed by atoms with Gasteiger partial charge in [0.05, 0.1) is 17.4 Å². The maximum absolute atomic E-state index is 12.3. The Morgan fingerprint density at radius 1 is 1.24 bits per heavy atom. The van der Waals surface area contributed by atoms with Gasteiger partial charge in [-0.1, -0.05) is 15.9 Å². The van der Waals surface area contributed by atoms with Crippen molar-refractivity contribution in [2.75, 3.05) is 4.72 Å². The van der Waals surface area contributed by atoms with Crippen LogP contribution in [0.2, 0.25) is 0 Å². The van der Waals surface area contributed by atoms with Gasteiger partial charge in [0.1, 0.15) is 4.90 Å². The molecule has 0 spiro atoms. The van der Waals surface area contributed by atoms with E-state index in [9.17, 15) is 13.2 Å². The van der Waals surface area contributed by atoms with Gasteiger partial charge in [-0.05, 0) is 40.2 Å². The quantitative estimate of drug-likeness (QED) is 0.768. The number of hydrogen-bond donors (Lipinski definition) is 2. The Morgan fingerprint density at radius 3 is 2.57 bits per heavy atom. The van der Waals surface area contributed by atoms with Crippen LogP contribution >= 0.6 is 31.9 Å². The minimum Gasteiger partial charge on any atom is -0.478 e. The second kappa shape index (κ2) is 6.12. The number of aromatic nitrogens is 1. The lowest BCUT2D eigenvalue weighted by atomic mass is 10.2. The SMILES string of the molecule is O=C(O)c1ccncc1NS(=O)(=O)c1ccc(Br)cc1Br. The summed E-state index contributed by atoms with van der Waals surface area (Å²) in [5.41, 5.74) is -0.276. The summed E-state index contributed by atoms with van der Waals surface area (Å²) in [4.78, 5) is 14.8. The van der Waals surface area contributed by atoms with E-state index in [-0.39, 0.29) is 16.1 Å². The number of benzene rings is 1. The third kappa shape index (κ3) is 3.60. The summed E-state index contributed by atoms with van der Waals surface area (Å²) in [6, 6.07) is 5.76. The number of hydrogen-bond acceptors (Lipinski definition) is 4. The van der Waals surface area contributed by atoms with E-state index < -0.39 is 16.0 Å². The van der Waals surface area contributed by atoms with Gasteiger partial charge >= 0.3 is 5.97 Å². The number of carboxylic acids is 1. The van der Waals surface area contributed by atoms with Crippen LogP contribution in [-0.2, 0) is 10.0 Å². The number of anilines is 1. The number of rotatable bonds is 4. The first kappa shape index (κ1) is 15.9. The van der Waals surface area contributed by atoms with Gasteiger partial charge < -0.3 is 5.11 Å². The molecule has 0 aliphatic rings. The molecule has 2 rings (SSSR count). The number of carboxylic acid groups (broad SMARTS) is 1. The molecule has 0 bridgehead atoms. The minimum atomic E-state index is -3.94. The highest BCUT2D eigenvalue weighted by molar-refractivity contribution is 9.11. The van der Waals surface area contributed by atoms with Crippen LogP contribution in [0.4, 0.5) is 5.69 Å². The Bertz CT molecular complexity index is 809. The molecule has 0 saturated heterocycles. The highest BCUT2D eigenvalue weighted by atomic mass is 79.9. The third-order valence-corrected chi connectivity index (χ3v) is 5.31. The number of aromatic carboxylic acids is 1. The molecular formula is C12H8Br2N2O4S. The molecule has 6 nitrogen and oxygen atoms in total. The van der Waals surface area contributed by atoms with Crippen molar-refractivity contribution in [1.29, 1.82) is 0 Å². The molecule has 0 fully saturated rings. The highest BCUT2D eigenvalue weighted by Crippen LogP contribution is 2.28. The third-order valence-electron chi connectivity index (χ3n) is 2.48. The second-order valence-electron chi connectivity index (χ2n) is 3.91. The smallest absolute Gasteiger partial charge is 0.337 e. The monoisotopic (exact) mass is 434 g/mol. The molecule has 0 atom stereocenters. The summed E-state index contributed by atoms with van der Waals surface area (Å²) in [7, 11) is -3.94. The van der Waals surface area contributed by atoms with Crippen molar-refractivity contribution >= 4 is 53.5 Å². The Labute approximate surface area is 137 Å². The topological polar surface area (TPSA) is 96.4 Å². The predicted molar refractivity (Wildman–Crippen MR) is 83.8 cm³/mol. The fraction of sp³-hybridized carbons (Fsp3) is 0. The lowest BCUT2D eigenvalue weighted by molar-refractivity contribution is 0.0698. The Morgan fingerprint density at radius 2 is 1.95 bits per heavy atom. The first-order valence-electron chi connectivity index (χ1n) is 5.46. The molecule has 0 amide bonds. The van der Waals surface area contributed by atoms with Crippen LogP contribution in [0, 0.1) is 0 Å². The van der Waals surface area contributed by atoms with Crippen LogP contribution in [-0.4, -0.2) is 24.5 Å². The second-order valence-corrected chi connectivity index (χ2v) is 7.33. The zero-order valence-electron chi connectivity index (χ0n) is 10.2. The van der Waals surface area contributed by atoms with Gasteiger partial charge in [0.15, 0.2) is 0 Å². The van der Waals surface area contributed by atoms with Crippen LogP contribution in [0.1, 0.15) is 10.4 Å². The Kier molecular flexibility index (Phi) is 4.64. The fourth-order valence-corrected chi connectivity index (χ4v) is 4.37. The van der Waals surface area contributed by atoms with E-state index in [4.69, 9.17) is 5.11 Å². The van der Waals surface area contributed by atoms with E-state index in [1.165, 1.54) is 18.3 Å². The van der Waals surface area contributed by atoms with Crippen molar-refractivity contribution in [2.45, 2.75) is 4.90 Å². The minimum absolute atomic E-state index is 0.00843. The number of carbonyl (C=O) groups is 1. The standard InChI is InChI=1S/C12H8Br2N2O4S/c13-7-1-2-11(9(14)5-7)21(19,20)16-10-6-15-4-3-8(10)12(17)18/h1-6,16H,(H,17,18). The van der Waals surface area contributed by atoms with Crippen molar-refractivity contribution in [2.24, 2.45) is 0 Å². The normalized spacial score (nSPS) is 11.1. The molecular weight excluding hydrogens is 428 g/mol. The molecule has 1 aromatic carbocycles. The zero-order chi connectivity index (χ0) is 15.6. The van der Waals surface area contributed by atoms with Crippen LogP contribution in [0.25, 0.3) is 0 Å². The van der Waals surface area contributed by atoms with Crippen LogP contribution in [0.3, 0.4) is 0 Å². The van der Waals surface area contributed by atoms with Gasteiger partial charge in [-0.25, -0.2) is 13.2 Å². The molecule has 0 aliphatic carbocycles. The zero-order valence-corrected chi connectivity index (χ0v) is 14.2. The highest BCUT2D eigenvalue weighted by Gasteiger charge is 2.21. The van der Waals surface area contributed by atoms with Crippen LogP contribution < -0.4 is 4.72 Å². The molecule has 9 heteroatoms. The fourth-order valence-electron chi connectivity index (χ4n) is 1.56. The summed E-state index contributed by atoms with van der Waals surface area (Å²) in [5.74, 6) is -1.25. The lowest BCUT2D eigenvalue weighted by Crippen LogP contribution is -2.16. The lowest BCUT2D eigenvalue weighted by Gasteiger charge is -2.11. The number of halogens is 2. The van der Waals surface area contributed by atoms with Crippen LogP contribution in [0.5, 0.6) is 0 Å². The number of pyridine rings is 1. The summed E-state index contributed by atoms with van der Waals surface area (Å²) in [6.45, 7) is 0. The molecule has 0 radical (unpaired) electrons. The predicted octanol–water partition coefficient (Wildman–Crippen LogP) is 3.11. The molecule has 0 saturated carbocycles. The van der Waals surface area contributed by atoms with E-state index in [0.29, 0.717) is 8.95 Å². The number of nitrogens with zero attached hydrogens (tertiary/aromatic N) is 1. The van der Waals surface area contributed by atoms with E-state index in [0.717, 1.165) is 6.20 Å². The molecule has 110 valence electrons. The van der Waals surface area contributed by atoms with Crippen molar-refractivity contribution in [3.63, 3.8) is 0 Å². The number of nitrogens with one attached hydrogen (secondary N) is 1. The summed E-state index contributed by atoms with van der Waals surface area (Å²) >= 11 is 6.39. The van der Waals surface area contributed by atoms with Gasteiger partial charge in [0.2, 0.25) is 0 Å². The maximum Gasteiger partial charge on any atom is 0.337 e. The van der Waals surface area contributed by atoms with Gasteiger partial charge in [0.25, 0.3) is 10.0 Å². The number of sulfonamides is 1. The molecule has 1 aromatic heterocycles. The average molecular weight is 436 g/mol. The van der Waals surface area contributed by atoms with Gasteiger partial charge in [0, 0.05) is 15.1 Å². The Hall–Kier alpha value is -1.45. The van der Waals surface area contributed by atoms with E-state index in [1.807, 2.05) is 0 Å². The summed E-state index contributed by atoms with van der Waals surface area (Å²) < 4.78 is 28.0. The Balaban J connectivity index is 2.45. The molecule has 0 unspecified atom stereocenters. The van der Waals surface area contributed by atoms with E-state index >= 15 is 0 Å². The first-order valence-corrected chi connectivity index (χ1v) is 8.53. The molecule has 1 heterocycles. The van der Waals surface area contributed by atoms with Gasteiger partial charge in [-0.3, -0.25) is 9.71 Å². The van der Waals surface area contributed by atoms with Gasteiger partial charge in [-0.2, -0.15) is 0 Å². The van der Waals surface area contributed by atoms with Crippen molar-refractivity contribution in [3.8, 4) is 0 Å². The van der Waals surface area contributed by atoms with E-state index in [2.05, 4.69) is 41.6 Å². The van der Waals surface area contributed by atoms with Crippen LogP contribution in [0.15, 0.2) is 50.5 Å². The van der Waals surface area contributed by atoms with Crippen molar-refractivity contribution in [1.82, 2.24) is 4.98 Å². The molecule has 0 aliphatic heterocycles. The average Bonchev–Trinajstić information content (AvgIpc) is 2.37. The molecule has 2 N–H and O–H groups in total. The van der Waals surface area contributed by atoms with Gasteiger partial charge in [-0.15, -0.1) is 0 Å². The largest absolute Gasteiger partial charge is 0.478 e. The van der Waals surface area contributed by atoms with E-state index in [1.54, 1.807) is 12.1 Å². The van der Waals surface area contributed by atoms with Crippen molar-refractivity contribution in [3.05, 3.63) is 51.2 Å². The summed E-state index contributed by atoms with van der Waals surface area (Å²) in [5, 5.41) is 9.05. The van der Waals surface area contributed by atoms with Crippen molar-refractivity contribution < 1.29 is 18.3 Å². The molecule has 21 heavy (non-hydrogen) atoms.